The minimum Gasteiger partial charge on any atom is -0.352 e. The first-order valence-corrected chi connectivity index (χ1v) is 11.1. The molecule has 0 saturated heterocycles. The molecule has 1 aromatic carbocycles. The van der Waals surface area contributed by atoms with E-state index < -0.39 is 0 Å². The summed E-state index contributed by atoms with van der Waals surface area (Å²) >= 11 is 1.35. The van der Waals surface area contributed by atoms with Crippen LogP contribution in [-0.4, -0.2) is 37.9 Å². The molecule has 0 aliphatic heterocycles. The lowest BCUT2D eigenvalue weighted by Crippen LogP contribution is -2.24. The number of pyridine rings is 1. The number of anilines is 1. The van der Waals surface area contributed by atoms with Crippen LogP contribution in [0.2, 0.25) is 0 Å². The van der Waals surface area contributed by atoms with Crippen LogP contribution in [0.15, 0.2) is 53.6 Å². The predicted molar refractivity (Wildman–Crippen MR) is 129 cm³/mol. The molecule has 0 radical (unpaired) electrons. The molecule has 4 heterocycles. The van der Waals surface area contributed by atoms with E-state index in [1.165, 1.54) is 15.9 Å². The van der Waals surface area contributed by atoms with Crippen molar-refractivity contribution in [2.24, 2.45) is 7.05 Å². The number of imidazole rings is 1. The fraction of sp³-hybridized carbons (Fsp3) is 0.130. The van der Waals surface area contributed by atoms with Gasteiger partial charge >= 0.3 is 5.69 Å². The number of hydrogen-bond acceptors (Lipinski definition) is 5. The second kappa shape index (κ2) is 8.06. The van der Waals surface area contributed by atoms with Gasteiger partial charge in [-0.25, -0.2) is 4.79 Å². The van der Waals surface area contributed by atoms with Crippen LogP contribution in [0.3, 0.4) is 0 Å². The molecule has 4 N–H and O–H groups in total. The average molecular weight is 461 g/mol. The number of carbonyl (C=O) groups is 2. The van der Waals surface area contributed by atoms with Gasteiger partial charge in [-0.1, -0.05) is 0 Å². The van der Waals surface area contributed by atoms with E-state index in [1.807, 2.05) is 25.1 Å². The minimum atomic E-state index is -0.324. The fourth-order valence-corrected chi connectivity index (χ4v) is 4.71. The first-order chi connectivity index (χ1) is 16.0. The number of rotatable bonds is 5. The van der Waals surface area contributed by atoms with Gasteiger partial charge in [0.05, 0.1) is 27.0 Å². The second-order valence-electron chi connectivity index (χ2n) is 7.49. The summed E-state index contributed by atoms with van der Waals surface area (Å²) in [5.74, 6) is -0.338. The molecule has 5 aromatic rings. The highest BCUT2D eigenvalue weighted by Gasteiger charge is 2.22. The van der Waals surface area contributed by atoms with Crippen molar-refractivity contribution in [2.75, 3.05) is 11.9 Å². The van der Waals surface area contributed by atoms with Crippen molar-refractivity contribution in [3.05, 3.63) is 69.7 Å². The minimum absolute atomic E-state index is 0.242. The number of aromatic amines is 2. The topological polar surface area (TPSA) is 125 Å². The van der Waals surface area contributed by atoms with Crippen LogP contribution in [0.4, 0.5) is 5.82 Å². The van der Waals surface area contributed by atoms with Crippen molar-refractivity contribution in [1.29, 1.82) is 0 Å². The van der Waals surface area contributed by atoms with Crippen LogP contribution in [0.5, 0.6) is 0 Å². The van der Waals surface area contributed by atoms with Crippen LogP contribution >= 0.6 is 11.3 Å². The standard InChI is InChI=1S/C23H20N6O3S/c1-3-25-22(31)19-13-10-16-15(27-23(32)29(16)2)11-14(13)26-20(19)28-21(30)18-5-4-17(33-18)12-6-8-24-9-7-12/h4-11,26H,3H2,1-2H3,(H,25,31)(H,27,32)(H,28,30). The lowest BCUT2D eigenvalue weighted by Gasteiger charge is -2.06. The van der Waals surface area contributed by atoms with Crippen LogP contribution in [0, 0.1) is 0 Å². The number of nitrogens with one attached hydrogen (secondary N) is 4. The molecule has 0 atom stereocenters. The SMILES string of the molecule is CCNC(=O)c1c(NC(=O)c2ccc(-c3ccncc3)s2)[nH]c2cc3[nH]c(=O)n(C)c3cc12. The number of H-pyrrole nitrogens is 2. The molecule has 0 saturated carbocycles. The van der Waals surface area contributed by atoms with Gasteiger partial charge in [0, 0.05) is 36.2 Å². The Labute approximate surface area is 191 Å². The van der Waals surface area contributed by atoms with Gasteiger partial charge < -0.3 is 20.6 Å². The van der Waals surface area contributed by atoms with Crippen molar-refractivity contribution in [1.82, 2.24) is 24.8 Å². The number of aromatic nitrogens is 4. The third-order valence-corrected chi connectivity index (χ3v) is 6.55. The Morgan fingerprint density at radius 1 is 1.06 bits per heavy atom. The zero-order valence-corrected chi connectivity index (χ0v) is 18.7. The monoisotopic (exact) mass is 460 g/mol. The van der Waals surface area contributed by atoms with Gasteiger partial charge in [-0.2, -0.15) is 0 Å². The normalized spacial score (nSPS) is 11.2. The van der Waals surface area contributed by atoms with Gasteiger partial charge in [0.1, 0.15) is 5.82 Å². The smallest absolute Gasteiger partial charge is 0.326 e. The predicted octanol–water partition coefficient (Wildman–Crippen LogP) is 3.47. The van der Waals surface area contributed by atoms with Gasteiger partial charge in [-0.15, -0.1) is 11.3 Å². The Kier molecular flexibility index (Phi) is 5.06. The molecular weight excluding hydrogens is 440 g/mol. The first-order valence-electron chi connectivity index (χ1n) is 10.3. The zero-order valence-electron chi connectivity index (χ0n) is 17.9. The number of carbonyl (C=O) groups excluding carboxylic acids is 2. The summed E-state index contributed by atoms with van der Waals surface area (Å²) < 4.78 is 1.48. The van der Waals surface area contributed by atoms with E-state index in [0.29, 0.717) is 44.7 Å². The van der Waals surface area contributed by atoms with Gasteiger partial charge in [0.15, 0.2) is 0 Å². The lowest BCUT2D eigenvalue weighted by molar-refractivity contribution is 0.0958. The molecule has 9 nitrogen and oxygen atoms in total. The number of amides is 2. The zero-order chi connectivity index (χ0) is 23.1. The summed E-state index contributed by atoms with van der Waals surface area (Å²) in [6.07, 6.45) is 3.41. The highest BCUT2D eigenvalue weighted by molar-refractivity contribution is 7.17. The number of hydrogen-bond donors (Lipinski definition) is 4. The maximum absolute atomic E-state index is 13.0. The molecule has 2 amide bonds. The Hall–Kier alpha value is -4.18. The largest absolute Gasteiger partial charge is 0.352 e. The number of benzene rings is 1. The Bertz CT molecular complexity index is 1570. The molecule has 4 aromatic heterocycles. The summed E-state index contributed by atoms with van der Waals surface area (Å²) in [6, 6.07) is 10.9. The van der Waals surface area contributed by atoms with E-state index >= 15 is 0 Å². The third kappa shape index (κ3) is 3.60. The van der Waals surface area contributed by atoms with Gasteiger partial charge in [-0.3, -0.25) is 19.1 Å². The van der Waals surface area contributed by atoms with Crippen LogP contribution < -0.4 is 16.3 Å². The van der Waals surface area contributed by atoms with Gasteiger partial charge in [0.25, 0.3) is 11.8 Å². The molecule has 0 bridgehead atoms. The quantitative estimate of drug-likeness (QED) is 0.320. The van der Waals surface area contributed by atoms with E-state index in [9.17, 15) is 14.4 Å². The molecule has 5 rings (SSSR count). The molecule has 33 heavy (non-hydrogen) atoms. The number of aryl methyl sites for hydroxylation is 1. The number of nitrogens with zero attached hydrogens (tertiary/aromatic N) is 2. The molecule has 0 spiro atoms. The Morgan fingerprint density at radius 3 is 2.61 bits per heavy atom. The molecular formula is C23H20N6O3S. The Morgan fingerprint density at radius 2 is 1.85 bits per heavy atom. The maximum atomic E-state index is 13.0. The van der Waals surface area contributed by atoms with Crippen molar-refractivity contribution < 1.29 is 9.59 Å². The number of thiophene rings is 1. The van der Waals surface area contributed by atoms with Crippen molar-refractivity contribution >= 4 is 50.9 Å². The van der Waals surface area contributed by atoms with Crippen LogP contribution in [0.1, 0.15) is 27.0 Å². The summed E-state index contributed by atoms with van der Waals surface area (Å²) in [7, 11) is 1.66. The highest BCUT2D eigenvalue weighted by Crippen LogP contribution is 2.31. The molecule has 10 heteroatoms. The molecule has 0 fully saturated rings. The van der Waals surface area contributed by atoms with E-state index in [0.717, 1.165) is 10.4 Å². The van der Waals surface area contributed by atoms with Gasteiger partial charge in [-0.05, 0) is 48.9 Å². The highest BCUT2D eigenvalue weighted by atomic mass is 32.1. The molecule has 166 valence electrons. The maximum Gasteiger partial charge on any atom is 0.326 e. The molecule has 0 aliphatic carbocycles. The van der Waals surface area contributed by atoms with E-state index in [2.05, 4.69) is 25.6 Å². The van der Waals surface area contributed by atoms with Crippen molar-refractivity contribution in [3.8, 4) is 10.4 Å². The molecule has 0 aliphatic rings. The summed E-state index contributed by atoms with van der Waals surface area (Å²) in [5.41, 5.74) is 2.98. The van der Waals surface area contributed by atoms with Crippen LogP contribution in [-0.2, 0) is 7.05 Å². The van der Waals surface area contributed by atoms with Gasteiger partial charge in [0.2, 0.25) is 0 Å². The first kappa shape index (κ1) is 20.7. The third-order valence-electron chi connectivity index (χ3n) is 5.42. The Balaban J connectivity index is 1.55. The van der Waals surface area contributed by atoms with E-state index in [-0.39, 0.29) is 17.5 Å². The van der Waals surface area contributed by atoms with E-state index in [4.69, 9.17) is 0 Å². The molecule has 0 unspecified atom stereocenters. The van der Waals surface area contributed by atoms with Crippen molar-refractivity contribution in [3.63, 3.8) is 0 Å². The fourth-order valence-electron chi connectivity index (χ4n) is 3.80. The summed E-state index contributed by atoms with van der Waals surface area (Å²) in [6.45, 7) is 2.26. The lowest BCUT2D eigenvalue weighted by atomic mass is 10.1. The average Bonchev–Trinajstić information content (AvgIpc) is 3.50. The number of fused-ring (bicyclic) bond motifs is 2. The van der Waals surface area contributed by atoms with Crippen molar-refractivity contribution in [2.45, 2.75) is 6.92 Å². The van der Waals surface area contributed by atoms with E-state index in [1.54, 1.807) is 37.6 Å². The summed E-state index contributed by atoms with van der Waals surface area (Å²) in [4.78, 5) is 49.3. The van der Waals surface area contributed by atoms with Crippen LogP contribution in [0.25, 0.3) is 32.4 Å². The second-order valence-corrected chi connectivity index (χ2v) is 8.58. The summed E-state index contributed by atoms with van der Waals surface area (Å²) in [5, 5.41) is 6.27.